The van der Waals surface area contributed by atoms with Gasteiger partial charge in [-0.2, -0.15) is 0 Å². The predicted molar refractivity (Wildman–Crippen MR) is 97.8 cm³/mol. The van der Waals surface area contributed by atoms with Crippen LogP contribution in [0.25, 0.3) is 0 Å². The van der Waals surface area contributed by atoms with Crippen LogP contribution in [0.3, 0.4) is 0 Å². The van der Waals surface area contributed by atoms with Gasteiger partial charge in [0.2, 0.25) is 0 Å². The molecule has 0 aromatic carbocycles. The Kier molecular flexibility index (Phi) is 5.15. The largest absolute Gasteiger partial charge is 0.348 e. The Morgan fingerprint density at radius 3 is 2.37 bits per heavy atom. The topological polar surface area (TPSA) is 67.9 Å². The molecule has 6 atom stereocenters. The van der Waals surface area contributed by atoms with Crippen molar-refractivity contribution in [2.24, 2.45) is 0 Å². The Bertz CT molecular complexity index is 566. The Hall–Kier alpha value is 0.110. The molecule has 9 heteroatoms. The van der Waals surface area contributed by atoms with Crippen molar-refractivity contribution in [1.82, 2.24) is 4.67 Å². The summed E-state index contributed by atoms with van der Waals surface area (Å²) in [5.74, 6) is -1.34. The molecule has 0 bridgehead atoms. The molecule has 0 N–H and O–H groups in total. The molecule has 4 aliphatic heterocycles. The second kappa shape index (κ2) is 6.83. The first-order chi connectivity index (χ1) is 12.5. The van der Waals surface area contributed by atoms with E-state index in [9.17, 15) is 0 Å². The third-order valence-corrected chi connectivity index (χ3v) is 7.13. The number of rotatable bonds is 3. The standard InChI is InChI=1S/C18H32NO7P/c1-16(2,3)19-8-9-21-27(19)26-13-12(11-10-20-17(4,5)23-11)22-15-14(13)24-18(6,7)25-15/h11-15H,8-10H2,1-7H3/t11-,12+,13+,14+,15-,27?/m1/s1. The zero-order chi connectivity index (χ0) is 19.6. The van der Waals surface area contributed by atoms with E-state index in [1.54, 1.807) is 0 Å². The maximum atomic E-state index is 6.51. The van der Waals surface area contributed by atoms with Crippen LogP contribution in [-0.2, 0) is 32.7 Å². The first kappa shape index (κ1) is 20.4. The molecule has 0 amide bonds. The van der Waals surface area contributed by atoms with E-state index in [0.29, 0.717) is 13.2 Å². The van der Waals surface area contributed by atoms with Gasteiger partial charge in [-0.3, -0.25) is 0 Å². The quantitative estimate of drug-likeness (QED) is 0.664. The lowest BCUT2D eigenvalue weighted by Crippen LogP contribution is -2.44. The normalized spacial score (nSPS) is 44.1. The first-order valence-electron chi connectivity index (χ1n) is 9.65. The lowest BCUT2D eigenvalue weighted by Gasteiger charge is -2.36. The highest BCUT2D eigenvalue weighted by molar-refractivity contribution is 7.44. The second-order valence-corrected chi connectivity index (χ2v) is 10.8. The smallest absolute Gasteiger partial charge is 0.259 e. The number of ether oxygens (including phenoxy) is 5. The van der Waals surface area contributed by atoms with Crippen LogP contribution in [-0.4, -0.2) is 72.2 Å². The van der Waals surface area contributed by atoms with Gasteiger partial charge in [0.15, 0.2) is 17.9 Å². The summed E-state index contributed by atoms with van der Waals surface area (Å²) in [7, 11) is -1.21. The maximum absolute atomic E-state index is 6.51. The van der Waals surface area contributed by atoms with Crippen molar-refractivity contribution in [3.8, 4) is 0 Å². The van der Waals surface area contributed by atoms with Gasteiger partial charge in [-0.25, -0.2) is 4.67 Å². The zero-order valence-corrected chi connectivity index (χ0v) is 18.2. The lowest BCUT2D eigenvalue weighted by molar-refractivity contribution is -0.230. The van der Waals surface area contributed by atoms with Gasteiger partial charge in [0.05, 0.1) is 13.2 Å². The van der Waals surface area contributed by atoms with Gasteiger partial charge in [0.1, 0.15) is 24.4 Å². The molecule has 4 fully saturated rings. The van der Waals surface area contributed by atoms with Crippen LogP contribution < -0.4 is 0 Å². The minimum atomic E-state index is -1.21. The predicted octanol–water partition coefficient (Wildman–Crippen LogP) is 2.76. The van der Waals surface area contributed by atoms with Crippen molar-refractivity contribution >= 4 is 8.53 Å². The van der Waals surface area contributed by atoms with Gasteiger partial charge in [-0.15, -0.1) is 0 Å². The van der Waals surface area contributed by atoms with E-state index in [1.807, 2.05) is 27.7 Å². The monoisotopic (exact) mass is 405 g/mol. The maximum Gasteiger partial charge on any atom is 0.259 e. The number of hydrogen-bond donors (Lipinski definition) is 0. The van der Waals surface area contributed by atoms with Crippen LogP contribution in [0.15, 0.2) is 0 Å². The van der Waals surface area contributed by atoms with Gasteiger partial charge in [0, 0.05) is 12.1 Å². The van der Waals surface area contributed by atoms with Crippen LogP contribution in [0.2, 0.25) is 0 Å². The molecule has 0 aromatic heterocycles. The highest BCUT2D eigenvalue weighted by Crippen LogP contribution is 2.55. The van der Waals surface area contributed by atoms with E-state index in [-0.39, 0.29) is 30.0 Å². The molecule has 0 radical (unpaired) electrons. The molecule has 27 heavy (non-hydrogen) atoms. The van der Waals surface area contributed by atoms with E-state index in [0.717, 1.165) is 6.54 Å². The summed E-state index contributed by atoms with van der Waals surface area (Å²) in [4.78, 5) is 0. The fourth-order valence-electron chi connectivity index (χ4n) is 3.93. The molecule has 0 aromatic rings. The summed E-state index contributed by atoms with van der Waals surface area (Å²) >= 11 is 0. The van der Waals surface area contributed by atoms with Crippen molar-refractivity contribution in [2.75, 3.05) is 19.8 Å². The fraction of sp³-hybridized carbons (Fsp3) is 1.00. The third-order valence-electron chi connectivity index (χ3n) is 5.11. The Morgan fingerprint density at radius 2 is 1.74 bits per heavy atom. The average molecular weight is 405 g/mol. The molecule has 4 saturated heterocycles. The van der Waals surface area contributed by atoms with Crippen molar-refractivity contribution in [1.29, 1.82) is 0 Å². The fourth-order valence-corrected chi connectivity index (χ4v) is 5.66. The number of hydrogen-bond acceptors (Lipinski definition) is 8. The second-order valence-electron chi connectivity index (χ2n) is 9.37. The van der Waals surface area contributed by atoms with E-state index in [2.05, 4.69) is 25.4 Å². The van der Waals surface area contributed by atoms with Crippen LogP contribution in [0.4, 0.5) is 0 Å². The van der Waals surface area contributed by atoms with Crippen LogP contribution in [0, 0.1) is 0 Å². The molecule has 156 valence electrons. The first-order valence-corrected chi connectivity index (χ1v) is 10.8. The van der Waals surface area contributed by atoms with Crippen molar-refractivity contribution < 1.29 is 32.7 Å². The Balaban J connectivity index is 1.54. The summed E-state index contributed by atoms with van der Waals surface area (Å²) in [6, 6.07) is 0. The van der Waals surface area contributed by atoms with Gasteiger partial charge >= 0.3 is 0 Å². The van der Waals surface area contributed by atoms with Crippen LogP contribution >= 0.6 is 8.53 Å². The van der Waals surface area contributed by atoms with Crippen molar-refractivity contribution in [2.45, 2.75) is 96.3 Å². The third kappa shape index (κ3) is 4.06. The highest BCUT2D eigenvalue weighted by Gasteiger charge is 2.60. The number of nitrogens with zero attached hydrogens (tertiary/aromatic N) is 1. The van der Waals surface area contributed by atoms with Gasteiger partial charge in [0.25, 0.3) is 8.53 Å². The van der Waals surface area contributed by atoms with E-state index in [1.165, 1.54) is 0 Å². The van der Waals surface area contributed by atoms with E-state index >= 15 is 0 Å². The molecule has 0 spiro atoms. The Labute approximate surface area is 162 Å². The highest BCUT2D eigenvalue weighted by atomic mass is 31.2. The van der Waals surface area contributed by atoms with Gasteiger partial charge in [-0.1, -0.05) is 0 Å². The Morgan fingerprint density at radius 1 is 1.00 bits per heavy atom. The lowest BCUT2D eigenvalue weighted by atomic mass is 10.1. The molecule has 8 nitrogen and oxygen atoms in total. The molecule has 4 heterocycles. The summed E-state index contributed by atoms with van der Waals surface area (Å²) in [5, 5.41) is 0. The van der Waals surface area contributed by atoms with Crippen LogP contribution in [0.1, 0.15) is 48.5 Å². The SMILES string of the molecule is CC1(C)O[C@H]2O[C@@H]([C@H]3COC(C)(C)O3)[C@H](OP3OCCN3C(C)(C)C)[C@@H]2O1. The van der Waals surface area contributed by atoms with Gasteiger partial charge in [-0.05, 0) is 48.5 Å². The summed E-state index contributed by atoms with van der Waals surface area (Å²) < 4.78 is 44.8. The summed E-state index contributed by atoms with van der Waals surface area (Å²) in [6.45, 7) is 16.0. The average Bonchev–Trinajstić information content (AvgIpc) is 3.23. The molecule has 0 saturated carbocycles. The minimum absolute atomic E-state index is 0.0438. The van der Waals surface area contributed by atoms with Crippen molar-refractivity contribution in [3.63, 3.8) is 0 Å². The molecule has 0 aliphatic carbocycles. The zero-order valence-electron chi connectivity index (χ0n) is 17.3. The van der Waals surface area contributed by atoms with Crippen LogP contribution in [0.5, 0.6) is 0 Å². The molecular formula is C18H32NO7P. The van der Waals surface area contributed by atoms with Gasteiger partial charge < -0.3 is 32.7 Å². The van der Waals surface area contributed by atoms with Crippen molar-refractivity contribution in [3.05, 3.63) is 0 Å². The minimum Gasteiger partial charge on any atom is -0.348 e. The van der Waals surface area contributed by atoms with E-state index < -0.39 is 26.4 Å². The molecule has 1 unspecified atom stereocenters. The molecule has 4 rings (SSSR count). The number of fused-ring (bicyclic) bond motifs is 1. The summed E-state index contributed by atoms with van der Waals surface area (Å²) in [5.41, 5.74) is -0.0438. The van der Waals surface area contributed by atoms with E-state index in [4.69, 9.17) is 32.7 Å². The summed E-state index contributed by atoms with van der Waals surface area (Å²) in [6.07, 6.45) is -1.75. The molecular weight excluding hydrogens is 373 g/mol. The molecule has 4 aliphatic rings.